The summed E-state index contributed by atoms with van der Waals surface area (Å²) in [5, 5.41) is 7.27. The van der Waals surface area contributed by atoms with Gasteiger partial charge >= 0.3 is 0 Å². The molecule has 3 N–H and O–H groups in total. The van der Waals surface area contributed by atoms with Crippen molar-refractivity contribution in [2.24, 2.45) is 5.73 Å². The molecule has 1 fully saturated rings. The van der Waals surface area contributed by atoms with Crippen molar-refractivity contribution in [3.05, 3.63) is 0 Å². The minimum Gasteiger partial charge on any atom is -0.388 e. The summed E-state index contributed by atoms with van der Waals surface area (Å²) in [6.45, 7) is 4.10. The molecule has 0 aromatic carbocycles. The molecule has 1 heterocycles. The van der Waals surface area contributed by atoms with Crippen LogP contribution in [-0.2, 0) is 9.47 Å². The second-order valence-corrected chi connectivity index (χ2v) is 4.17. The van der Waals surface area contributed by atoms with E-state index in [2.05, 4.69) is 4.90 Å². The molecule has 0 bridgehead atoms. The van der Waals surface area contributed by atoms with Crippen LogP contribution in [0.4, 0.5) is 0 Å². The molecule has 1 unspecified atom stereocenters. The molecule has 1 saturated heterocycles. The lowest BCUT2D eigenvalue weighted by atomic mass is 10.1. The highest BCUT2D eigenvalue weighted by atomic mass is 16.5. The van der Waals surface area contributed by atoms with E-state index in [1.165, 1.54) is 6.42 Å². The fourth-order valence-electron chi connectivity index (χ4n) is 1.96. The highest BCUT2D eigenvalue weighted by molar-refractivity contribution is 5.76. The zero-order valence-corrected chi connectivity index (χ0v) is 10.1. The number of nitrogens with zero attached hydrogens (tertiary/aromatic N) is 1. The van der Waals surface area contributed by atoms with Crippen LogP contribution in [0.5, 0.6) is 0 Å². The molecule has 0 radical (unpaired) electrons. The monoisotopic (exact) mass is 229 g/mol. The number of rotatable bonds is 7. The number of hydrogen-bond donors (Lipinski definition) is 2. The number of ether oxygens (including phenoxy) is 2. The quantitative estimate of drug-likeness (QED) is 0.491. The molecule has 0 spiro atoms. The lowest BCUT2D eigenvalue weighted by Gasteiger charge is -2.33. The number of hydrogen-bond acceptors (Lipinski definition) is 4. The van der Waals surface area contributed by atoms with Crippen LogP contribution >= 0.6 is 0 Å². The molecule has 1 rings (SSSR count). The van der Waals surface area contributed by atoms with Crippen LogP contribution in [0.25, 0.3) is 0 Å². The van der Waals surface area contributed by atoms with Gasteiger partial charge < -0.3 is 15.2 Å². The summed E-state index contributed by atoms with van der Waals surface area (Å²) in [5.41, 5.74) is 5.39. The molecule has 16 heavy (non-hydrogen) atoms. The van der Waals surface area contributed by atoms with E-state index in [4.69, 9.17) is 20.6 Å². The Morgan fingerprint density at radius 2 is 2.38 bits per heavy atom. The van der Waals surface area contributed by atoms with Crippen molar-refractivity contribution in [3.63, 3.8) is 0 Å². The van der Waals surface area contributed by atoms with E-state index >= 15 is 0 Å². The van der Waals surface area contributed by atoms with E-state index in [1.807, 2.05) is 0 Å². The standard InChI is InChI=1S/C11H23N3O2/c1-15-8-6-14(5-4-11(12)13)10-3-2-7-16-9-10/h10H,2-9H2,1H3,(H3,12,13). The van der Waals surface area contributed by atoms with Gasteiger partial charge in [-0.3, -0.25) is 10.3 Å². The lowest BCUT2D eigenvalue weighted by Crippen LogP contribution is -2.44. The van der Waals surface area contributed by atoms with Gasteiger partial charge in [-0.15, -0.1) is 0 Å². The van der Waals surface area contributed by atoms with Gasteiger partial charge in [0.1, 0.15) is 0 Å². The van der Waals surface area contributed by atoms with E-state index in [9.17, 15) is 0 Å². The van der Waals surface area contributed by atoms with Gasteiger partial charge in [-0.05, 0) is 12.8 Å². The highest BCUT2D eigenvalue weighted by Crippen LogP contribution is 2.13. The van der Waals surface area contributed by atoms with Gasteiger partial charge in [0.25, 0.3) is 0 Å². The minimum absolute atomic E-state index is 0.249. The Bertz CT molecular complexity index is 205. The maximum Gasteiger partial charge on any atom is 0.0918 e. The number of amidine groups is 1. The van der Waals surface area contributed by atoms with Gasteiger partial charge in [-0.2, -0.15) is 0 Å². The Labute approximate surface area is 97.4 Å². The second kappa shape index (κ2) is 7.60. The van der Waals surface area contributed by atoms with E-state index in [-0.39, 0.29) is 5.84 Å². The molecule has 1 aliphatic heterocycles. The maximum atomic E-state index is 7.27. The Kier molecular flexibility index (Phi) is 6.37. The zero-order chi connectivity index (χ0) is 11.8. The normalized spacial score (nSPS) is 21.2. The molecule has 5 heteroatoms. The smallest absolute Gasteiger partial charge is 0.0918 e. The van der Waals surface area contributed by atoms with Crippen molar-refractivity contribution in [1.29, 1.82) is 5.41 Å². The first-order valence-electron chi connectivity index (χ1n) is 5.87. The summed E-state index contributed by atoms with van der Waals surface area (Å²) >= 11 is 0. The average Bonchev–Trinajstić information content (AvgIpc) is 2.30. The molecule has 0 aliphatic carbocycles. The first-order valence-corrected chi connectivity index (χ1v) is 5.87. The Balaban J connectivity index is 2.37. The van der Waals surface area contributed by atoms with Crippen molar-refractivity contribution in [2.45, 2.75) is 25.3 Å². The van der Waals surface area contributed by atoms with Gasteiger partial charge in [-0.1, -0.05) is 0 Å². The van der Waals surface area contributed by atoms with Crippen LogP contribution in [0.1, 0.15) is 19.3 Å². The lowest BCUT2D eigenvalue weighted by molar-refractivity contribution is 0.0100. The molecule has 0 aromatic heterocycles. The molecular formula is C11H23N3O2. The van der Waals surface area contributed by atoms with Crippen LogP contribution in [0.15, 0.2) is 0 Å². The molecule has 0 aromatic rings. The van der Waals surface area contributed by atoms with Crippen molar-refractivity contribution in [3.8, 4) is 0 Å². The summed E-state index contributed by atoms with van der Waals surface area (Å²) in [6.07, 6.45) is 2.91. The van der Waals surface area contributed by atoms with Crippen LogP contribution < -0.4 is 5.73 Å². The zero-order valence-electron chi connectivity index (χ0n) is 10.1. The third-order valence-corrected chi connectivity index (χ3v) is 2.90. The van der Waals surface area contributed by atoms with E-state index < -0.39 is 0 Å². The Hall–Kier alpha value is -0.650. The highest BCUT2D eigenvalue weighted by Gasteiger charge is 2.21. The summed E-state index contributed by atoms with van der Waals surface area (Å²) in [6, 6.07) is 0.461. The Morgan fingerprint density at radius 1 is 1.56 bits per heavy atom. The summed E-state index contributed by atoms with van der Waals surface area (Å²) < 4.78 is 10.6. The SMILES string of the molecule is COCCN(CCC(=N)N)C1CCCOC1. The van der Waals surface area contributed by atoms with Crippen molar-refractivity contribution < 1.29 is 9.47 Å². The number of methoxy groups -OCH3 is 1. The molecule has 1 aliphatic rings. The van der Waals surface area contributed by atoms with Crippen molar-refractivity contribution in [1.82, 2.24) is 4.90 Å². The molecular weight excluding hydrogens is 206 g/mol. The largest absolute Gasteiger partial charge is 0.388 e. The predicted molar refractivity (Wildman–Crippen MR) is 63.8 cm³/mol. The van der Waals surface area contributed by atoms with Gasteiger partial charge in [0.15, 0.2) is 0 Å². The third-order valence-electron chi connectivity index (χ3n) is 2.90. The molecule has 0 amide bonds. The van der Waals surface area contributed by atoms with Crippen LogP contribution in [0, 0.1) is 5.41 Å². The van der Waals surface area contributed by atoms with Gasteiger partial charge in [0.2, 0.25) is 0 Å². The number of nitrogens with two attached hydrogens (primary N) is 1. The van der Waals surface area contributed by atoms with Crippen LogP contribution in [0.2, 0.25) is 0 Å². The fraction of sp³-hybridized carbons (Fsp3) is 0.909. The van der Waals surface area contributed by atoms with Crippen molar-refractivity contribution >= 4 is 5.84 Å². The summed E-state index contributed by atoms with van der Waals surface area (Å²) in [4.78, 5) is 2.32. The van der Waals surface area contributed by atoms with Crippen molar-refractivity contribution in [2.75, 3.05) is 40.0 Å². The van der Waals surface area contributed by atoms with E-state index in [1.54, 1.807) is 7.11 Å². The number of nitrogens with one attached hydrogen (secondary N) is 1. The second-order valence-electron chi connectivity index (χ2n) is 4.17. The summed E-state index contributed by atoms with van der Waals surface area (Å²) in [5.74, 6) is 0.249. The first-order chi connectivity index (χ1) is 7.74. The molecule has 1 atom stereocenters. The van der Waals surface area contributed by atoms with Crippen LogP contribution in [-0.4, -0.2) is 56.8 Å². The molecule has 94 valence electrons. The van der Waals surface area contributed by atoms with E-state index in [0.29, 0.717) is 19.1 Å². The first kappa shape index (κ1) is 13.4. The molecule has 5 nitrogen and oxygen atoms in total. The van der Waals surface area contributed by atoms with Gasteiger partial charge in [-0.25, -0.2) is 0 Å². The molecule has 0 saturated carbocycles. The Morgan fingerprint density at radius 3 is 2.94 bits per heavy atom. The summed E-state index contributed by atoms with van der Waals surface area (Å²) in [7, 11) is 1.71. The third kappa shape index (κ3) is 4.92. The van der Waals surface area contributed by atoms with Gasteiger partial charge in [0, 0.05) is 39.3 Å². The van der Waals surface area contributed by atoms with Crippen LogP contribution in [0.3, 0.4) is 0 Å². The van der Waals surface area contributed by atoms with E-state index in [0.717, 1.165) is 32.7 Å². The topological polar surface area (TPSA) is 71.6 Å². The predicted octanol–water partition coefficient (Wildman–Crippen LogP) is 0.440. The maximum absolute atomic E-state index is 7.27. The fourth-order valence-corrected chi connectivity index (χ4v) is 1.96. The minimum atomic E-state index is 0.249. The van der Waals surface area contributed by atoms with Gasteiger partial charge in [0.05, 0.1) is 19.0 Å². The average molecular weight is 229 g/mol.